The van der Waals surface area contributed by atoms with Crippen LogP contribution in [-0.4, -0.2) is 25.4 Å². The molecule has 0 aliphatic heterocycles. The highest BCUT2D eigenvalue weighted by Crippen LogP contribution is 2.19. The molecule has 0 amide bonds. The number of pyridine rings is 1. The fraction of sp³-hybridized carbons (Fsp3) is 0.250. The molecular formula is C8H9ClN2O. The Morgan fingerprint density at radius 3 is 2.75 bits per heavy atom. The molecular weight excluding hydrogens is 176 g/mol. The van der Waals surface area contributed by atoms with Crippen LogP contribution in [0.4, 0.5) is 5.69 Å². The lowest BCUT2D eigenvalue weighted by atomic mass is 10.2. The van der Waals surface area contributed by atoms with Crippen molar-refractivity contribution in [3.05, 3.63) is 23.0 Å². The lowest BCUT2D eigenvalue weighted by Crippen LogP contribution is -2.11. The molecule has 1 heterocycles. The van der Waals surface area contributed by atoms with E-state index < -0.39 is 0 Å². The monoisotopic (exact) mass is 184 g/mol. The van der Waals surface area contributed by atoms with Crippen LogP contribution in [-0.2, 0) is 0 Å². The molecule has 12 heavy (non-hydrogen) atoms. The summed E-state index contributed by atoms with van der Waals surface area (Å²) >= 11 is 5.66. The fourth-order valence-electron chi connectivity index (χ4n) is 0.909. The average Bonchev–Trinajstić information content (AvgIpc) is 2.04. The fourth-order valence-corrected chi connectivity index (χ4v) is 1.06. The van der Waals surface area contributed by atoms with Gasteiger partial charge in [0.1, 0.15) is 5.15 Å². The van der Waals surface area contributed by atoms with E-state index >= 15 is 0 Å². The minimum atomic E-state index is 0.393. The molecule has 1 aromatic rings. The van der Waals surface area contributed by atoms with E-state index in [0.717, 1.165) is 12.0 Å². The summed E-state index contributed by atoms with van der Waals surface area (Å²) in [4.78, 5) is 16.2. The van der Waals surface area contributed by atoms with E-state index in [2.05, 4.69) is 4.98 Å². The number of nitrogens with zero attached hydrogens (tertiary/aromatic N) is 2. The van der Waals surface area contributed by atoms with Gasteiger partial charge >= 0.3 is 0 Å². The Morgan fingerprint density at radius 2 is 2.25 bits per heavy atom. The molecule has 0 fully saturated rings. The number of carbonyl (C=O) groups excluding carboxylic acids is 1. The Morgan fingerprint density at radius 1 is 1.58 bits per heavy atom. The van der Waals surface area contributed by atoms with Crippen molar-refractivity contribution < 1.29 is 4.79 Å². The second kappa shape index (κ2) is 3.54. The van der Waals surface area contributed by atoms with Crippen molar-refractivity contribution in [2.24, 2.45) is 0 Å². The minimum absolute atomic E-state index is 0.393. The van der Waals surface area contributed by atoms with Gasteiger partial charge in [0.15, 0.2) is 6.29 Å². The molecule has 0 atom stereocenters. The Kier molecular flexibility index (Phi) is 2.65. The maximum atomic E-state index is 10.5. The zero-order valence-electron chi connectivity index (χ0n) is 6.91. The molecule has 0 bridgehead atoms. The van der Waals surface area contributed by atoms with Gasteiger partial charge in [0.25, 0.3) is 0 Å². The van der Waals surface area contributed by atoms with Gasteiger partial charge < -0.3 is 4.90 Å². The number of rotatable bonds is 2. The second-order valence-electron chi connectivity index (χ2n) is 2.58. The standard InChI is InChI=1S/C8H9ClN2O/c1-11(2)7-3-8(9)10-4-6(7)5-12/h3-5H,1-2H3. The molecule has 1 rings (SSSR count). The first-order chi connectivity index (χ1) is 5.65. The van der Waals surface area contributed by atoms with E-state index in [1.165, 1.54) is 6.20 Å². The topological polar surface area (TPSA) is 33.2 Å². The Bertz CT molecular complexity index is 299. The summed E-state index contributed by atoms with van der Waals surface area (Å²) in [5.41, 5.74) is 1.33. The lowest BCUT2D eigenvalue weighted by Gasteiger charge is -2.13. The largest absolute Gasteiger partial charge is 0.377 e. The van der Waals surface area contributed by atoms with Crippen LogP contribution in [0.5, 0.6) is 0 Å². The summed E-state index contributed by atoms with van der Waals surface area (Å²) in [5, 5.41) is 0.393. The van der Waals surface area contributed by atoms with E-state index in [1.54, 1.807) is 6.07 Å². The van der Waals surface area contributed by atoms with E-state index in [4.69, 9.17) is 11.6 Å². The molecule has 0 N–H and O–H groups in total. The smallest absolute Gasteiger partial charge is 0.153 e. The van der Waals surface area contributed by atoms with Crippen molar-refractivity contribution in [1.82, 2.24) is 4.98 Å². The number of aromatic nitrogens is 1. The number of anilines is 1. The van der Waals surface area contributed by atoms with Gasteiger partial charge in [0, 0.05) is 20.3 Å². The predicted molar refractivity (Wildman–Crippen MR) is 49.0 cm³/mol. The Balaban J connectivity index is 3.21. The third-order valence-corrected chi connectivity index (χ3v) is 1.69. The van der Waals surface area contributed by atoms with Gasteiger partial charge in [-0.3, -0.25) is 4.79 Å². The van der Waals surface area contributed by atoms with Crippen molar-refractivity contribution in [2.45, 2.75) is 0 Å². The number of hydrogen-bond donors (Lipinski definition) is 0. The highest BCUT2D eigenvalue weighted by molar-refractivity contribution is 6.29. The summed E-state index contributed by atoms with van der Waals surface area (Å²) in [6.45, 7) is 0. The number of aldehydes is 1. The zero-order valence-corrected chi connectivity index (χ0v) is 7.67. The second-order valence-corrected chi connectivity index (χ2v) is 2.97. The minimum Gasteiger partial charge on any atom is -0.377 e. The van der Waals surface area contributed by atoms with E-state index in [1.807, 2.05) is 19.0 Å². The molecule has 1 aromatic heterocycles. The first-order valence-electron chi connectivity index (χ1n) is 3.43. The van der Waals surface area contributed by atoms with Crippen LogP contribution in [0.3, 0.4) is 0 Å². The van der Waals surface area contributed by atoms with Gasteiger partial charge in [-0.2, -0.15) is 0 Å². The van der Waals surface area contributed by atoms with Crippen molar-refractivity contribution in [3.63, 3.8) is 0 Å². The van der Waals surface area contributed by atoms with E-state index in [0.29, 0.717) is 10.7 Å². The zero-order chi connectivity index (χ0) is 9.14. The predicted octanol–water partition coefficient (Wildman–Crippen LogP) is 1.61. The maximum absolute atomic E-state index is 10.5. The first-order valence-corrected chi connectivity index (χ1v) is 3.81. The molecule has 0 unspecified atom stereocenters. The maximum Gasteiger partial charge on any atom is 0.153 e. The van der Waals surface area contributed by atoms with E-state index in [9.17, 15) is 4.79 Å². The SMILES string of the molecule is CN(C)c1cc(Cl)ncc1C=O. The van der Waals surface area contributed by atoms with Crippen molar-refractivity contribution >= 4 is 23.6 Å². The molecule has 0 saturated heterocycles. The van der Waals surface area contributed by atoms with Gasteiger partial charge in [-0.15, -0.1) is 0 Å². The van der Waals surface area contributed by atoms with Crippen LogP contribution in [0.15, 0.2) is 12.3 Å². The van der Waals surface area contributed by atoms with E-state index in [-0.39, 0.29) is 0 Å². The Hall–Kier alpha value is -1.09. The quantitative estimate of drug-likeness (QED) is 0.517. The first kappa shape index (κ1) is 9.00. The van der Waals surface area contributed by atoms with Gasteiger partial charge in [-0.05, 0) is 6.07 Å². The molecule has 3 nitrogen and oxygen atoms in total. The third kappa shape index (κ3) is 1.74. The normalized spacial score (nSPS) is 9.58. The highest BCUT2D eigenvalue weighted by Gasteiger charge is 2.04. The summed E-state index contributed by atoms with van der Waals surface area (Å²) in [6.07, 6.45) is 2.23. The summed E-state index contributed by atoms with van der Waals surface area (Å²) < 4.78 is 0. The number of carbonyl (C=O) groups is 1. The van der Waals surface area contributed by atoms with Gasteiger partial charge in [0.2, 0.25) is 0 Å². The molecule has 0 aromatic carbocycles. The summed E-state index contributed by atoms with van der Waals surface area (Å²) in [7, 11) is 3.69. The van der Waals surface area contributed by atoms with Crippen LogP contribution in [0.1, 0.15) is 10.4 Å². The summed E-state index contributed by atoms with van der Waals surface area (Å²) in [6, 6.07) is 1.66. The Labute approximate surface area is 76.0 Å². The molecule has 0 radical (unpaired) electrons. The third-order valence-electron chi connectivity index (χ3n) is 1.49. The van der Waals surface area contributed by atoms with Crippen LogP contribution in [0, 0.1) is 0 Å². The highest BCUT2D eigenvalue weighted by atomic mass is 35.5. The van der Waals surface area contributed by atoms with Crippen LogP contribution < -0.4 is 4.90 Å². The molecule has 0 spiro atoms. The molecule has 0 aliphatic carbocycles. The van der Waals surface area contributed by atoms with Crippen LogP contribution in [0.2, 0.25) is 5.15 Å². The average molecular weight is 185 g/mol. The summed E-state index contributed by atoms with van der Waals surface area (Å²) in [5.74, 6) is 0. The number of halogens is 1. The molecule has 64 valence electrons. The molecule has 4 heteroatoms. The van der Waals surface area contributed by atoms with Crippen molar-refractivity contribution in [2.75, 3.05) is 19.0 Å². The van der Waals surface area contributed by atoms with Crippen LogP contribution in [0.25, 0.3) is 0 Å². The van der Waals surface area contributed by atoms with Crippen LogP contribution >= 0.6 is 11.6 Å². The lowest BCUT2D eigenvalue weighted by molar-refractivity contribution is 0.112. The van der Waals surface area contributed by atoms with Crippen molar-refractivity contribution in [1.29, 1.82) is 0 Å². The molecule has 0 saturated carbocycles. The molecule has 0 aliphatic rings. The van der Waals surface area contributed by atoms with Gasteiger partial charge in [-0.1, -0.05) is 11.6 Å². The van der Waals surface area contributed by atoms with Gasteiger partial charge in [0.05, 0.1) is 11.3 Å². The van der Waals surface area contributed by atoms with Gasteiger partial charge in [-0.25, -0.2) is 4.98 Å². The number of hydrogen-bond acceptors (Lipinski definition) is 3. The van der Waals surface area contributed by atoms with Crippen molar-refractivity contribution in [3.8, 4) is 0 Å².